The van der Waals surface area contributed by atoms with Crippen molar-refractivity contribution in [1.82, 2.24) is 20.1 Å². The van der Waals surface area contributed by atoms with Gasteiger partial charge in [0.1, 0.15) is 0 Å². The number of amides is 2. The Labute approximate surface area is 247 Å². The van der Waals surface area contributed by atoms with Crippen LogP contribution in [0, 0.1) is 5.92 Å². The van der Waals surface area contributed by atoms with Crippen molar-refractivity contribution in [2.75, 3.05) is 17.7 Å². The minimum absolute atomic E-state index is 0.0660. The lowest BCUT2D eigenvalue weighted by Crippen LogP contribution is -2.32. The summed E-state index contributed by atoms with van der Waals surface area (Å²) in [6, 6.07) is 10.7. The Morgan fingerprint density at radius 3 is 2.48 bits per heavy atom. The van der Waals surface area contributed by atoms with E-state index in [1.165, 1.54) is 17.8 Å². The second kappa shape index (κ2) is 14.9. The van der Waals surface area contributed by atoms with Gasteiger partial charge in [-0.1, -0.05) is 54.9 Å². The van der Waals surface area contributed by atoms with Crippen LogP contribution in [0.2, 0.25) is 10.0 Å². The zero-order valence-corrected chi connectivity index (χ0v) is 24.8. The summed E-state index contributed by atoms with van der Waals surface area (Å²) in [6.45, 7) is 10.3. The molecule has 0 aliphatic heterocycles. The van der Waals surface area contributed by atoms with Crippen molar-refractivity contribution < 1.29 is 19.1 Å². The Morgan fingerprint density at radius 2 is 1.85 bits per heavy atom. The van der Waals surface area contributed by atoms with E-state index in [0.29, 0.717) is 45.8 Å². The molecule has 212 valence electrons. The van der Waals surface area contributed by atoms with Crippen molar-refractivity contribution >= 4 is 58.4 Å². The topological polar surface area (TPSA) is 115 Å². The van der Waals surface area contributed by atoms with Crippen LogP contribution in [0.4, 0.5) is 5.69 Å². The van der Waals surface area contributed by atoms with Crippen LogP contribution in [0.1, 0.15) is 59.8 Å². The molecule has 3 aromatic rings. The van der Waals surface area contributed by atoms with Crippen LogP contribution in [0.15, 0.2) is 60.3 Å². The number of benzene rings is 2. The molecule has 3 rings (SSSR count). The summed E-state index contributed by atoms with van der Waals surface area (Å²) < 4.78 is 6.80. The molecular weight excluding hydrogens is 573 g/mol. The maximum Gasteiger partial charge on any atom is 0.338 e. The van der Waals surface area contributed by atoms with E-state index in [4.69, 9.17) is 27.9 Å². The largest absolute Gasteiger partial charge is 0.462 e. The third-order valence-electron chi connectivity index (χ3n) is 5.57. The number of hydrogen-bond donors (Lipinski definition) is 2. The van der Waals surface area contributed by atoms with E-state index in [1.54, 1.807) is 49.4 Å². The van der Waals surface area contributed by atoms with Crippen LogP contribution < -0.4 is 10.6 Å². The Balaban J connectivity index is 1.73. The number of ether oxygens (including phenoxy) is 1. The maximum atomic E-state index is 13.1. The molecule has 0 saturated carbocycles. The summed E-state index contributed by atoms with van der Waals surface area (Å²) in [6.07, 6.45) is 2.30. The monoisotopic (exact) mass is 603 g/mol. The van der Waals surface area contributed by atoms with E-state index in [2.05, 4.69) is 27.4 Å². The number of esters is 1. The Kier molecular flexibility index (Phi) is 11.6. The average Bonchev–Trinajstić information content (AvgIpc) is 3.30. The molecule has 2 amide bonds. The molecule has 0 unspecified atom stereocenters. The molecule has 0 aliphatic carbocycles. The smallest absolute Gasteiger partial charge is 0.338 e. The van der Waals surface area contributed by atoms with E-state index < -0.39 is 12.0 Å². The molecule has 0 saturated heterocycles. The van der Waals surface area contributed by atoms with E-state index in [-0.39, 0.29) is 35.1 Å². The summed E-state index contributed by atoms with van der Waals surface area (Å²) in [4.78, 5) is 37.6. The fraction of sp³-hybridized carbons (Fsp3) is 0.321. The van der Waals surface area contributed by atoms with E-state index >= 15 is 0 Å². The van der Waals surface area contributed by atoms with E-state index in [9.17, 15) is 14.4 Å². The summed E-state index contributed by atoms with van der Waals surface area (Å²) in [5.74, 6) is -0.190. The van der Waals surface area contributed by atoms with Gasteiger partial charge in [-0.25, -0.2) is 4.79 Å². The van der Waals surface area contributed by atoms with Gasteiger partial charge in [0.25, 0.3) is 5.91 Å². The molecule has 1 aromatic heterocycles. The van der Waals surface area contributed by atoms with Gasteiger partial charge in [0.15, 0.2) is 11.0 Å². The molecule has 0 aliphatic rings. The molecule has 2 aromatic carbocycles. The highest BCUT2D eigenvalue weighted by Gasteiger charge is 2.25. The molecular formula is C28H31Cl2N5O4S. The summed E-state index contributed by atoms with van der Waals surface area (Å²) in [5, 5.41) is 15.7. The van der Waals surface area contributed by atoms with Gasteiger partial charge >= 0.3 is 5.97 Å². The number of hydrogen-bond acceptors (Lipinski definition) is 7. The lowest BCUT2D eigenvalue weighted by atomic mass is 10.0. The first-order valence-corrected chi connectivity index (χ1v) is 14.4. The lowest BCUT2D eigenvalue weighted by Gasteiger charge is -2.21. The molecule has 0 spiro atoms. The highest BCUT2D eigenvalue weighted by atomic mass is 35.5. The maximum absolute atomic E-state index is 13.1. The number of nitrogens with one attached hydrogen (secondary N) is 2. The van der Waals surface area contributed by atoms with Crippen LogP contribution in [0.25, 0.3) is 0 Å². The number of halogens is 2. The zero-order valence-electron chi connectivity index (χ0n) is 22.4. The Bertz CT molecular complexity index is 1360. The first kappa shape index (κ1) is 31.2. The van der Waals surface area contributed by atoms with Gasteiger partial charge in [-0.3, -0.25) is 9.59 Å². The molecule has 0 radical (unpaired) electrons. The van der Waals surface area contributed by atoms with Gasteiger partial charge in [0.05, 0.1) is 34.6 Å². The second-order valence-corrected chi connectivity index (χ2v) is 10.9. The lowest BCUT2D eigenvalue weighted by molar-refractivity contribution is -0.113. The number of nitrogens with zero attached hydrogens (tertiary/aromatic N) is 3. The van der Waals surface area contributed by atoms with Gasteiger partial charge in [-0.15, -0.1) is 16.8 Å². The molecule has 1 atom stereocenters. The van der Waals surface area contributed by atoms with Crippen molar-refractivity contribution in [2.24, 2.45) is 5.92 Å². The van der Waals surface area contributed by atoms with Crippen molar-refractivity contribution in [2.45, 2.75) is 44.9 Å². The standard InChI is InChI=1S/C28H31Cl2N5O4S/c1-5-13-35-25(23(14-17(3)4)32-26(37)21-12-9-19(29)15-22(21)30)33-34-28(35)40-16-24(36)31-20-10-7-18(8-11-20)27(38)39-6-2/h5,7-12,15,17,23H,1,6,13-14,16H2,2-4H3,(H,31,36)(H,32,37)/t23-/m1/s1. The van der Waals surface area contributed by atoms with Crippen LogP contribution in [0.3, 0.4) is 0 Å². The third-order valence-corrected chi connectivity index (χ3v) is 7.08. The van der Waals surface area contributed by atoms with E-state index in [1.807, 2.05) is 18.4 Å². The summed E-state index contributed by atoms with van der Waals surface area (Å²) in [7, 11) is 0. The highest BCUT2D eigenvalue weighted by Crippen LogP contribution is 2.27. The molecule has 12 heteroatoms. The van der Waals surface area contributed by atoms with Gasteiger partial charge < -0.3 is 19.9 Å². The van der Waals surface area contributed by atoms with Gasteiger partial charge in [0, 0.05) is 17.3 Å². The number of anilines is 1. The third kappa shape index (κ3) is 8.58. The van der Waals surface area contributed by atoms with Crippen LogP contribution >= 0.6 is 35.0 Å². The molecule has 1 heterocycles. The van der Waals surface area contributed by atoms with Crippen LogP contribution in [-0.4, -0.2) is 44.9 Å². The van der Waals surface area contributed by atoms with Crippen LogP contribution in [0.5, 0.6) is 0 Å². The first-order chi connectivity index (χ1) is 19.1. The zero-order chi connectivity index (χ0) is 29.2. The Hall–Kier alpha value is -3.34. The highest BCUT2D eigenvalue weighted by molar-refractivity contribution is 7.99. The van der Waals surface area contributed by atoms with Crippen molar-refractivity contribution in [3.8, 4) is 0 Å². The first-order valence-electron chi connectivity index (χ1n) is 12.6. The average molecular weight is 605 g/mol. The minimum Gasteiger partial charge on any atom is -0.462 e. The summed E-state index contributed by atoms with van der Waals surface area (Å²) >= 11 is 13.4. The number of thioether (sulfide) groups is 1. The second-order valence-electron chi connectivity index (χ2n) is 9.15. The van der Waals surface area contributed by atoms with Gasteiger partial charge in [-0.2, -0.15) is 0 Å². The van der Waals surface area contributed by atoms with Crippen LogP contribution in [-0.2, 0) is 16.1 Å². The van der Waals surface area contributed by atoms with E-state index in [0.717, 1.165) is 0 Å². The SMILES string of the molecule is C=CCn1c(SCC(=O)Nc2ccc(C(=O)OCC)cc2)nnc1[C@@H](CC(C)C)NC(=O)c1ccc(Cl)cc1Cl. The normalized spacial score (nSPS) is 11.7. The van der Waals surface area contributed by atoms with Gasteiger partial charge in [0.2, 0.25) is 5.91 Å². The fourth-order valence-corrected chi connectivity index (χ4v) is 5.06. The number of carbonyl (C=O) groups is 3. The van der Waals surface area contributed by atoms with Crippen molar-refractivity contribution in [3.05, 3.63) is 82.1 Å². The molecule has 40 heavy (non-hydrogen) atoms. The quantitative estimate of drug-likeness (QED) is 0.136. The molecule has 9 nitrogen and oxygen atoms in total. The summed E-state index contributed by atoms with van der Waals surface area (Å²) in [5.41, 5.74) is 1.25. The number of allylic oxidation sites excluding steroid dienone is 1. The molecule has 0 fully saturated rings. The van der Waals surface area contributed by atoms with Crippen molar-refractivity contribution in [3.63, 3.8) is 0 Å². The van der Waals surface area contributed by atoms with Crippen molar-refractivity contribution in [1.29, 1.82) is 0 Å². The number of rotatable bonds is 13. The number of carbonyl (C=O) groups excluding carboxylic acids is 3. The fourth-order valence-electron chi connectivity index (χ4n) is 3.81. The Morgan fingerprint density at radius 1 is 1.12 bits per heavy atom. The molecule has 2 N–H and O–H groups in total. The number of aromatic nitrogens is 3. The minimum atomic E-state index is -0.465. The predicted molar refractivity (Wildman–Crippen MR) is 158 cm³/mol. The molecule has 0 bridgehead atoms. The van der Waals surface area contributed by atoms with Gasteiger partial charge in [-0.05, 0) is 61.7 Å². The predicted octanol–water partition coefficient (Wildman–Crippen LogP) is 6.20.